The molecule has 1 amide bonds. The van der Waals surface area contributed by atoms with Gasteiger partial charge in [0.15, 0.2) is 0 Å². The number of nitrogens with zero attached hydrogens (tertiary/aromatic N) is 2. The molecule has 2 N–H and O–H groups in total. The SMILES string of the molecule is COc1cccc(NC(=O)c2cn(C)c3c(=O)n(-c4ccc(F)cc4)c(=O)[nH]c23)c1. The number of methoxy groups -OCH3 is 1. The molecule has 8 nitrogen and oxygen atoms in total. The summed E-state index contributed by atoms with van der Waals surface area (Å²) in [4.78, 5) is 41.1. The van der Waals surface area contributed by atoms with Crippen LogP contribution in [0.4, 0.5) is 10.1 Å². The summed E-state index contributed by atoms with van der Waals surface area (Å²) in [5, 5.41) is 2.73. The first-order valence-electron chi connectivity index (χ1n) is 8.94. The standard InChI is InChI=1S/C21H17FN4O4/c1-25-11-16(19(27)23-13-4-3-5-15(10-13)30-2)17-18(25)20(28)26(21(29)24-17)14-8-6-12(22)7-9-14/h3-11H,1-2H3,(H,23,27)(H,24,29). The van der Waals surface area contributed by atoms with Crippen molar-refractivity contribution in [3.63, 3.8) is 0 Å². The van der Waals surface area contributed by atoms with Gasteiger partial charge in [0.05, 0.1) is 23.9 Å². The number of fused-ring (bicyclic) bond motifs is 1. The number of aryl methyl sites for hydroxylation is 1. The Bertz CT molecular complexity index is 1380. The van der Waals surface area contributed by atoms with Gasteiger partial charge in [-0.15, -0.1) is 0 Å². The topological polar surface area (TPSA) is 98.1 Å². The first kappa shape index (κ1) is 19.2. The molecule has 0 fully saturated rings. The highest BCUT2D eigenvalue weighted by Gasteiger charge is 2.20. The van der Waals surface area contributed by atoms with Crippen LogP contribution >= 0.6 is 0 Å². The smallest absolute Gasteiger partial charge is 0.333 e. The Balaban J connectivity index is 1.81. The molecule has 0 saturated carbocycles. The Hall–Kier alpha value is -4.14. The van der Waals surface area contributed by atoms with E-state index in [0.717, 1.165) is 16.7 Å². The average molecular weight is 408 g/mol. The Kier molecular flexibility index (Phi) is 4.71. The number of amides is 1. The number of ether oxygens (including phenoxy) is 1. The Morgan fingerprint density at radius 3 is 2.57 bits per heavy atom. The van der Waals surface area contributed by atoms with E-state index in [4.69, 9.17) is 4.74 Å². The number of benzene rings is 2. The monoisotopic (exact) mass is 408 g/mol. The normalized spacial score (nSPS) is 10.9. The lowest BCUT2D eigenvalue weighted by Gasteiger charge is -2.07. The summed E-state index contributed by atoms with van der Waals surface area (Å²) < 4.78 is 20.7. The minimum absolute atomic E-state index is 0.117. The van der Waals surface area contributed by atoms with E-state index in [-0.39, 0.29) is 22.3 Å². The van der Waals surface area contributed by atoms with Crippen LogP contribution in [0.3, 0.4) is 0 Å². The highest BCUT2D eigenvalue weighted by atomic mass is 19.1. The van der Waals surface area contributed by atoms with E-state index in [0.29, 0.717) is 11.4 Å². The van der Waals surface area contributed by atoms with Crippen molar-refractivity contribution in [3.8, 4) is 11.4 Å². The number of aromatic nitrogens is 3. The maximum absolute atomic E-state index is 13.2. The zero-order valence-corrected chi connectivity index (χ0v) is 16.1. The van der Waals surface area contributed by atoms with Crippen LogP contribution in [0.25, 0.3) is 16.7 Å². The Morgan fingerprint density at radius 2 is 1.87 bits per heavy atom. The summed E-state index contributed by atoms with van der Waals surface area (Å²) in [5.41, 5.74) is -0.257. The molecule has 0 saturated heterocycles. The van der Waals surface area contributed by atoms with Crippen molar-refractivity contribution < 1.29 is 13.9 Å². The van der Waals surface area contributed by atoms with Crippen LogP contribution in [0.2, 0.25) is 0 Å². The van der Waals surface area contributed by atoms with E-state index >= 15 is 0 Å². The minimum Gasteiger partial charge on any atom is -0.497 e. The molecule has 152 valence electrons. The van der Waals surface area contributed by atoms with E-state index in [9.17, 15) is 18.8 Å². The van der Waals surface area contributed by atoms with Gasteiger partial charge in [0.1, 0.15) is 17.1 Å². The fraction of sp³-hybridized carbons (Fsp3) is 0.0952. The zero-order valence-electron chi connectivity index (χ0n) is 16.1. The second-order valence-corrected chi connectivity index (χ2v) is 6.61. The third-order valence-corrected chi connectivity index (χ3v) is 4.68. The summed E-state index contributed by atoms with van der Waals surface area (Å²) in [5.74, 6) is -0.413. The number of nitrogens with one attached hydrogen (secondary N) is 2. The van der Waals surface area contributed by atoms with Gasteiger partial charge in [-0.1, -0.05) is 6.07 Å². The van der Waals surface area contributed by atoms with Gasteiger partial charge >= 0.3 is 5.69 Å². The second-order valence-electron chi connectivity index (χ2n) is 6.61. The molecule has 0 atom stereocenters. The first-order chi connectivity index (χ1) is 14.4. The quantitative estimate of drug-likeness (QED) is 0.542. The fourth-order valence-electron chi connectivity index (χ4n) is 3.27. The number of H-pyrrole nitrogens is 1. The molecule has 0 aliphatic carbocycles. The molecule has 2 aromatic carbocycles. The van der Waals surface area contributed by atoms with Gasteiger partial charge in [0.2, 0.25) is 0 Å². The molecule has 0 spiro atoms. The van der Waals surface area contributed by atoms with Crippen LogP contribution in [-0.2, 0) is 7.05 Å². The van der Waals surface area contributed by atoms with E-state index in [2.05, 4.69) is 10.3 Å². The Labute approximate surface area is 169 Å². The summed E-state index contributed by atoms with van der Waals surface area (Å²) in [6, 6.07) is 11.8. The average Bonchev–Trinajstić information content (AvgIpc) is 3.06. The molecule has 0 unspecified atom stereocenters. The lowest BCUT2D eigenvalue weighted by atomic mass is 10.2. The molecule has 30 heavy (non-hydrogen) atoms. The molecule has 2 aromatic heterocycles. The molecule has 0 aliphatic rings. The van der Waals surface area contributed by atoms with Gasteiger partial charge in [0.25, 0.3) is 11.5 Å². The molecule has 4 rings (SSSR count). The molecule has 0 radical (unpaired) electrons. The van der Waals surface area contributed by atoms with Crippen molar-refractivity contribution in [1.82, 2.24) is 14.1 Å². The van der Waals surface area contributed by atoms with E-state index in [1.54, 1.807) is 31.3 Å². The minimum atomic E-state index is -0.735. The number of hydrogen-bond donors (Lipinski definition) is 2. The Morgan fingerprint density at radius 1 is 1.13 bits per heavy atom. The van der Waals surface area contributed by atoms with Crippen LogP contribution in [0.15, 0.2) is 64.3 Å². The predicted molar refractivity (Wildman–Crippen MR) is 110 cm³/mol. The van der Waals surface area contributed by atoms with E-state index in [1.165, 1.54) is 30.0 Å². The number of rotatable bonds is 4. The molecule has 0 aliphatic heterocycles. The number of carbonyl (C=O) groups excluding carboxylic acids is 1. The number of anilines is 1. The number of carbonyl (C=O) groups is 1. The molecular weight excluding hydrogens is 391 g/mol. The summed E-state index contributed by atoms with van der Waals surface area (Å²) >= 11 is 0. The van der Waals surface area contributed by atoms with Crippen molar-refractivity contribution in [2.75, 3.05) is 12.4 Å². The van der Waals surface area contributed by atoms with Gasteiger partial charge in [-0.05, 0) is 36.4 Å². The summed E-state index contributed by atoms with van der Waals surface area (Å²) in [6.45, 7) is 0. The first-order valence-corrected chi connectivity index (χ1v) is 8.94. The van der Waals surface area contributed by atoms with Gasteiger partial charge in [0, 0.05) is 25.0 Å². The van der Waals surface area contributed by atoms with Crippen LogP contribution in [0.5, 0.6) is 5.75 Å². The maximum Gasteiger partial charge on any atom is 0.333 e. The van der Waals surface area contributed by atoms with Gasteiger partial charge < -0.3 is 19.6 Å². The molecular formula is C21H17FN4O4. The van der Waals surface area contributed by atoms with Crippen LogP contribution in [0.1, 0.15) is 10.4 Å². The second kappa shape index (κ2) is 7.36. The van der Waals surface area contributed by atoms with Crippen molar-refractivity contribution in [2.45, 2.75) is 0 Å². The zero-order chi connectivity index (χ0) is 21.4. The van der Waals surface area contributed by atoms with Crippen molar-refractivity contribution in [1.29, 1.82) is 0 Å². The summed E-state index contributed by atoms with van der Waals surface area (Å²) in [6.07, 6.45) is 1.46. The van der Waals surface area contributed by atoms with Crippen molar-refractivity contribution in [2.24, 2.45) is 7.05 Å². The highest BCUT2D eigenvalue weighted by Crippen LogP contribution is 2.20. The third-order valence-electron chi connectivity index (χ3n) is 4.68. The molecule has 4 aromatic rings. The van der Waals surface area contributed by atoms with Gasteiger partial charge in [-0.3, -0.25) is 9.59 Å². The number of aromatic amines is 1. The fourth-order valence-corrected chi connectivity index (χ4v) is 3.27. The molecule has 2 heterocycles. The van der Waals surface area contributed by atoms with Crippen molar-refractivity contribution >= 4 is 22.6 Å². The lowest BCUT2D eigenvalue weighted by molar-refractivity contribution is 0.102. The largest absolute Gasteiger partial charge is 0.497 e. The predicted octanol–water partition coefficient (Wildman–Crippen LogP) is 2.42. The summed E-state index contributed by atoms with van der Waals surface area (Å²) in [7, 11) is 3.11. The van der Waals surface area contributed by atoms with Crippen LogP contribution in [-0.4, -0.2) is 27.1 Å². The van der Waals surface area contributed by atoms with Crippen LogP contribution in [0, 0.1) is 5.82 Å². The number of hydrogen-bond acceptors (Lipinski definition) is 4. The lowest BCUT2D eigenvalue weighted by Crippen LogP contribution is -2.34. The number of halogens is 1. The third kappa shape index (κ3) is 3.26. The van der Waals surface area contributed by atoms with Crippen molar-refractivity contribution in [3.05, 3.63) is 86.9 Å². The van der Waals surface area contributed by atoms with Gasteiger partial charge in [-0.25, -0.2) is 13.8 Å². The van der Waals surface area contributed by atoms with Gasteiger partial charge in [-0.2, -0.15) is 0 Å². The van der Waals surface area contributed by atoms with Crippen LogP contribution < -0.4 is 21.3 Å². The maximum atomic E-state index is 13.2. The molecule has 9 heteroatoms. The van der Waals surface area contributed by atoms with E-state index in [1.807, 2.05) is 0 Å². The van der Waals surface area contributed by atoms with E-state index < -0.39 is 23.0 Å². The molecule has 0 bridgehead atoms. The highest BCUT2D eigenvalue weighted by molar-refractivity contribution is 6.11.